The summed E-state index contributed by atoms with van der Waals surface area (Å²) in [6.45, 7) is 4.89. The van der Waals surface area contributed by atoms with Gasteiger partial charge in [0.2, 0.25) is 0 Å². The Labute approximate surface area is 222 Å². The lowest BCUT2D eigenvalue weighted by atomic mass is 10.0. The SMILES string of the molecule is CO[C@@H]1CN(C(=O)c2cc(C)ccc2C)C[C@H]1Oc1cccc(C(F)(F)S(=O)(=O)N(C)C2CCOCC2)c1. The maximum atomic E-state index is 15.4. The first kappa shape index (κ1) is 28.4. The first-order valence-electron chi connectivity index (χ1n) is 12.6. The normalized spacial score (nSPS) is 21.2. The van der Waals surface area contributed by atoms with Crippen LogP contribution >= 0.6 is 0 Å². The first-order valence-corrected chi connectivity index (χ1v) is 14.0. The van der Waals surface area contributed by atoms with E-state index in [0.29, 0.717) is 31.6 Å². The van der Waals surface area contributed by atoms with Crippen molar-refractivity contribution in [1.82, 2.24) is 9.21 Å². The molecule has 0 spiro atoms. The molecular weight excluding hydrogens is 518 g/mol. The second-order valence-corrected chi connectivity index (χ2v) is 11.9. The van der Waals surface area contributed by atoms with Crippen molar-refractivity contribution < 1.29 is 36.2 Å². The van der Waals surface area contributed by atoms with E-state index in [1.165, 1.54) is 26.3 Å². The molecule has 11 heteroatoms. The Bertz CT molecular complexity index is 1270. The number of carbonyl (C=O) groups excluding carboxylic acids is 1. The average molecular weight is 553 g/mol. The maximum absolute atomic E-state index is 15.4. The van der Waals surface area contributed by atoms with Gasteiger partial charge in [-0.15, -0.1) is 0 Å². The number of carbonyl (C=O) groups is 1. The van der Waals surface area contributed by atoms with E-state index in [9.17, 15) is 13.2 Å². The van der Waals surface area contributed by atoms with Crippen molar-refractivity contribution in [2.75, 3.05) is 40.5 Å². The number of halogens is 2. The van der Waals surface area contributed by atoms with E-state index >= 15 is 8.78 Å². The Morgan fingerprint density at radius 3 is 2.45 bits per heavy atom. The number of aryl methyl sites for hydroxylation is 2. The van der Waals surface area contributed by atoms with Gasteiger partial charge in [-0.05, 0) is 50.5 Å². The molecule has 0 radical (unpaired) electrons. The smallest absolute Gasteiger partial charge is 0.384 e. The predicted molar refractivity (Wildman–Crippen MR) is 138 cm³/mol. The van der Waals surface area contributed by atoms with Crippen LogP contribution < -0.4 is 4.74 Å². The number of alkyl halides is 2. The fourth-order valence-electron chi connectivity index (χ4n) is 4.89. The summed E-state index contributed by atoms with van der Waals surface area (Å²) in [5.74, 6) is -0.0962. The third kappa shape index (κ3) is 5.56. The van der Waals surface area contributed by atoms with Crippen molar-refractivity contribution >= 4 is 15.9 Å². The molecule has 2 aromatic rings. The van der Waals surface area contributed by atoms with Crippen LogP contribution in [0.3, 0.4) is 0 Å². The molecule has 0 aliphatic carbocycles. The zero-order valence-corrected chi connectivity index (χ0v) is 22.8. The molecule has 2 aliphatic heterocycles. The van der Waals surface area contributed by atoms with Crippen LogP contribution in [0.2, 0.25) is 0 Å². The molecule has 0 aromatic heterocycles. The minimum absolute atomic E-state index is 0.0687. The van der Waals surface area contributed by atoms with Gasteiger partial charge in [0, 0.05) is 44.5 Å². The molecule has 8 nitrogen and oxygen atoms in total. The van der Waals surface area contributed by atoms with Gasteiger partial charge >= 0.3 is 5.25 Å². The first-order chi connectivity index (χ1) is 18.0. The summed E-state index contributed by atoms with van der Waals surface area (Å²) in [5, 5.41) is -4.17. The van der Waals surface area contributed by atoms with Crippen LogP contribution in [0.1, 0.15) is 39.9 Å². The number of sulfonamides is 1. The molecule has 1 amide bonds. The Morgan fingerprint density at radius 2 is 1.76 bits per heavy atom. The van der Waals surface area contributed by atoms with Crippen molar-refractivity contribution in [1.29, 1.82) is 0 Å². The van der Waals surface area contributed by atoms with Crippen molar-refractivity contribution in [3.8, 4) is 5.75 Å². The standard InChI is InChI=1S/C27H34F2N2O6S/c1-18-8-9-19(2)23(14-18)26(32)31-16-24(35-4)25(17-31)37-22-7-5-6-20(15-22)27(28,29)38(33,34)30(3)21-10-12-36-13-11-21/h5-9,14-15,21,24-25H,10-13,16-17H2,1-4H3/t24-,25-/m1/s1. The molecule has 2 atom stereocenters. The highest BCUT2D eigenvalue weighted by Gasteiger charge is 2.51. The molecule has 2 saturated heterocycles. The van der Waals surface area contributed by atoms with Gasteiger partial charge < -0.3 is 19.1 Å². The van der Waals surface area contributed by atoms with Gasteiger partial charge in [-0.25, -0.2) is 8.42 Å². The van der Waals surface area contributed by atoms with E-state index in [1.807, 2.05) is 32.0 Å². The monoisotopic (exact) mass is 552 g/mol. The molecule has 4 rings (SSSR count). The van der Waals surface area contributed by atoms with Crippen molar-refractivity contribution in [3.05, 3.63) is 64.7 Å². The largest absolute Gasteiger partial charge is 0.486 e. The minimum atomic E-state index is -5.00. The number of nitrogens with zero attached hydrogens (tertiary/aromatic N) is 2. The summed E-state index contributed by atoms with van der Waals surface area (Å²) in [7, 11) is -2.32. The number of benzene rings is 2. The highest BCUT2D eigenvalue weighted by atomic mass is 32.2. The fraction of sp³-hybridized carbons (Fsp3) is 0.519. The van der Waals surface area contributed by atoms with Crippen LogP contribution in [0.15, 0.2) is 42.5 Å². The van der Waals surface area contributed by atoms with Gasteiger partial charge in [-0.3, -0.25) is 4.79 Å². The zero-order valence-electron chi connectivity index (χ0n) is 22.0. The van der Waals surface area contributed by atoms with Crippen LogP contribution in [-0.2, 0) is 24.8 Å². The number of amides is 1. The van der Waals surface area contributed by atoms with E-state index in [2.05, 4.69) is 0 Å². The number of likely N-dealkylation sites (tertiary alicyclic amines) is 1. The topological polar surface area (TPSA) is 85.4 Å². The maximum Gasteiger partial charge on any atom is 0.384 e. The Balaban J connectivity index is 1.51. The molecule has 208 valence electrons. The van der Waals surface area contributed by atoms with Gasteiger partial charge in [0.05, 0.1) is 13.1 Å². The van der Waals surface area contributed by atoms with Crippen LogP contribution in [0.25, 0.3) is 0 Å². The molecule has 2 heterocycles. The van der Waals surface area contributed by atoms with E-state index in [1.54, 1.807) is 4.90 Å². The van der Waals surface area contributed by atoms with Gasteiger partial charge in [-0.1, -0.05) is 29.8 Å². The highest BCUT2D eigenvalue weighted by molar-refractivity contribution is 7.89. The minimum Gasteiger partial charge on any atom is -0.486 e. The van der Waals surface area contributed by atoms with Gasteiger partial charge in [0.25, 0.3) is 15.9 Å². The van der Waals surface area contributed by atoms with Gasteiger partial charge in [0.1, 0.15) is 18.0 Å². The lowest BCUT2D eigenvalue weighted by molar-refractivity contribution is 0.0333. The highest BCUT2D eigenvalue weighted by Crippen LogP contribution is 2.39. The molecular formula is C27H34F2N2O6S. The van der Waals surface area contributed by atoms with E-state index < -0.39 is 39.1 Å². The van der Waals surface area contributed by atoms with Crippen LogP contribution in [0.5, 0.6) is 5.75 Å². The van der Waals surface area contributed by atoms with Gasteiger partial charge in [0.15, 0.2) is 0 Å². The molecule has 0 bridgehead atoms. The lowest BCUT2D eigenvalue weighted by Gasteiger charge is -2.33. The number of hydrogen-bond donors (Lipinski definition) is 0. The van der Waals surface area contributed by atoms with Crippen LogP contribution in [0.4, 0.5) is 8.78 Å². The summed E-state index contributed by atoms with van der Waals surface area (Å²) in [6.07, 6.45) is -0.408. The molecule has 0 N–H and O–H groups in total. The lowest BCUT2D eigenvalue weighted by Crippen LogP contribution is -2.46. The van der Waals surface area contributed by atoms with E-state index in [-0.39, 0.29) is 24.7 Å². The van der Waals surface area contributed by atoms with Crippen molar-refractivity contribution in [2.45, 2.75) is 50.2 Å². The molecule has 2 aromatic carbocycles. The summed E-state index contributed by atoms with van der Waals surface area (Å²) in [6, 6.07) is 10.0. The number of hydrogen-bond acceptors (Lipinski definition) is 6. The summed E-state index contributed by atoms with van der Waals surface area (Å²) in [4.78, 5) is 14.8. The van der Waals surface area contributed by atoms with Crippen LogP contribution in [-0.4, -0.2) is 82.2 Å². The molecule has 0 saturated carbocycles. The predicted octanol–water partition coefficient (Wildman–Crippen LogP) is 3.71. The third-order valence-electron chi connectivity index (χ3n) is 7.29. The summed E-state index contributed by atoms with van der Waals surface area (Å²) < 4.78 is 74.2. The Hall–Kier alpha value is -2.60. The summed E-state index contributed by atoms with van der Waals surface area (Å²) >= 11 is 0. The molecule has 38 heavy (non-hydrogen) atoms. The van der Waals surface area contributed by atoms with Gasteiger partial charge in [-0.2, -0.15) is 13.1 Å². The van der Waals surface area contributed by atoms with E-state index in [0.717, 1.165) is 27.6 Å². The zero-order chi connectivity index (χ0) is 27.7. The number of methoxy groups -OCH3 is 1. The summed E-state index contributed by atoms with van der Waals surface area (Å²) in [5.41, 5.74) is 1.70. The average Bonchev–Trinajstić information content (AvgIpc) is 3.32. The molecule has 2 fully saturated rings. The number of ether oxygens (including phenoxy) is 3. The number of rotatable bonds is 8. The molecule has 0 unspecified atom stereocenters. The van der Waals surface area contributed by atoms with Crippen molar-refractivity contribution in [3.63, 3.8) is 0 Å². The second kappa shape index (κ2) is 11.3. The van der Waals surface area contributed by atoms with E-state index in [4.69, 9.17) is 14.2 Å². The Morgan fingerprint density at radius 1 is 1.08 bits per heavy atom. The Kier molecular flexibility index (Phi) is 8.41. The quantitative estimate of drug-likeness (QED) is 0.497. The fourth-order valence-corrected chi connectivity index (χ4v) is 6.28. The third-order valence-corrected chi connectivity index (χ3v) is 9.23. The second-order valence-electron chi connectivity index (χ2n) is 9.87. The van der Waals surface area contributed by atoms with Crippen LogP contribution in [0, 0.1) is 13.8 Å². The van der Waals surface area contributed by atoms with Crippen molar-refractivity contribution in [2.24, 2.45) is 0 Å². The molecule has 2 aliphatic rings.